The molecule has 0 aromatic carbocycles. The molecular formula is C20H42O2. The van der Waals surface area contributed by atoms with E-state index in [1.165, 1.54) is 0 Å². The molecule has 2 N–H and O–H groups in total. The summed E-state index contributed by atoms with van der Waals surface area (Å²) in [5, 5.41) is 15.2. The minimum atomic E-state index is -0.125. The second kappa shape index (κ2) is 161. The molecule has 0 spiro atoms. The summed E-state index contributed by atoms with van der Waals surface area (Å²) in [6.07, 6.45) is 10.5. The van der Waals surface area contributed by atoms with E-state index in [0.717, 1.165) is 0 Å². The van der Waals surface area contributed by atoms with Crippen molar-refractivity contribution >= 4 is 0 Å². The molecule has 0 amide bonds. The van der Waals surface area contributed by atoms with Gasteiger partial charge in [0, 0.05) is 0 Å². The molecule has 0 atom stereocenters. The van der Waals surface area contributed by atoms with Crippen LogP contribution in [0.15, 0.2) is 75.9 Å². The largest absolute Gasteiger partial charge is 0.394 e. The van der Waals surface area contributed by atoms with Crippen LogP contribution in [0.5, 0.6) is 0 Å². The van der Waals surface area contributed by atoms with Crippen LogP contribution in [0, 0.1) is 0 Å². The summed E-state index contributed by atoms with van der Waals surface area (Å²) in [6, 6.07) is 0. The van der Waals surface area contributed by atoms with Crippen LogP contribution in [0.3, 0.4) is 0 Å². The minimum Gasteiger partial charge on any atom is -0.394 e. The minimum absolute atomic E-state index is 0.125. The summed E-state index contributed by atoms with van der Waals surface area (Å²) in [5.74, 6) is 0. The first-order valence-corrected chi connectivity index (χ1v) is 7.05. The highest BCUT2D eigenvalue weighted by Crippen LogP contribution is 1.40. The van der Waals surface area contributed by atoms with Crippen molar-refractivity contribution in [3.8, 4) is 0 Å². The Hall–Kier alpha value is -1.64. The van der Waals surface area contributed by atoms with Gasteiger partial charge in [0.25, 0.3) is 0 Å². The summed E-state index contributed by atoms with van der Waals surface area (Å²) in [6.45, 7) is 31.2. The third-order valence-corrected chi connectivity index (χ3v) is 0.1000. The van der Waals surface area contributed by atoms with Crippen molar-refractivity contribution < 1.29 is 10.2 Å². The zero-order chi connectivity index (χ0) is 19.7. The highest BCUT2D eigenvalue weighted by atomic mass is 16.3. The summed E-state index contributed by atoms with van der Waals surface area (Å²) in [4.78, 5) is 0. The van der Waals surface area contributed by atoms with Crippen molar-refractivity contribution in [1.29, 1.82) is 0 Å². The lowest BCUT2D eigenvalue weighted by Gasteiger charge is -1.70. The molecule has 2 heteroatoms. The van der Waals surface area contributed by atoms with E-state index in [9.17, 15) is 0 Å². The van der Waals surface area contributed by atoms with E-state index in [1.54, 1.807) is 36.5 Å². The fourth-order valence-corrected chi connectivity index (χ4v) is 0. The van der Waals surface area contributed by atoms with Crippen LogP contribution in [-0.2, 0) is 0 Å². The van der Waals surface area contributed by atoms with Crippen molar-refractivity contribution in [2.24, 2.45) is 0 Å². The monoisotopic (exact) mass is 314 g/mol. The molecule has 0 bridgehead atoms. The Bertz CT molecular complexity index is 122. The molecule has 0 aromatic heterocycles. The molecule has 0 aliphatic heterocycles. The van der Waals surface area contributed by atoms with Crippen LogP contribution in [0.1, 0.15) is 41.5 Å². The van der Waals surface area contributed by atoms with Gasteiger partial charge >= 0.3 is 0 Å². The van der Waals surface area contributed by atoms with E-state index in [1.807, 2.05) is 41.5 Å². The first-order valence-electron chi connectivity index (χ1n) is 7.05. The molecule has 2 nitrogen and oxygen atoms in total. The van der Waals surface area contributed by atoms with Gasteiger partial charge in [-0.3, -0.25) is 0 Å². The predicted molar refractivity (Wildman–Crippen MR) is 109 cm³/mol. The second-order valence-corrected chi connectivity index (χ2v) is 2.90. The molecule has 0 saturated heterocycles. The molecule has 0 unspecified atom stereocenters. The average molecular weight is 315 g/mol. The first kappa shape index (κ1) is 42.8. The molecule has 134 valence electrons. The number of hydrogen-bond acceptors (Lipinski definition) is 2. The van der Waals surface area contributed by atoms with E-state index in [-0.39, 0.29) is 13.2 Å². The van der Waals surface area contributed by atoms with Gasteiger partial charge in [-0.25, -0.2) is 0 Å². The quantitative estimate of drug-likeness (QED) is 0.572. The summed E-state index contributed by atoms with van der Waals surface area (Å²) in [7, 11) is 0. The van der Waals surface area contributed by atoms with Crippen molar-refractivity contribution in [1.82, 2.24) is 0 Å². The third-order valence-electron chi connectivity index (χ3n) is 0.1000. The van der Waals surface area contributed by atoms with Crippen molar-refractivity contribution in [2.75, 3.05) is 13.2 Å². The molecule has 0 aromatic rings. The smallest absolute Gasteiger partial charge is 0.0662 e. The molecule has 0 heterocycles. The maximum absolute atomic E-state index is 7.62. The lowest BCUT2D eigenvalue weighted by atomic mass is 10.8. The van der Waals surface area contributed by atoms with Gasteiger partial charge in [-0.15, -0.1) is 39.5 Å². The van der Waals surface area contributed by atoms with E-state index in [0.29, 0.717) is 0 Å². The molecule has 0 rings (SSSR count). The maximum Gasteiger partial charge on any atom is 0.0662 e. The Morgan fingerprint density at radius 2 is 0.500 bits per heavy atom. The van der Waals surface area contributed by atoms with Crippen LogP contribution in [0.25, 0.3) is 0 Å². The summed E-state index contributed by atoms with van der Waals surface area (Å²) in [5.41, 5.74) is 0. The number of rotatable bonds is 1. The lowest BCUT2D eigenvalue weighted by molar-refractivity contribution is 0.186. The predicted octanol–water partition coefficient (Wildman–Crippen LogP) is 6.12. The molecule has 0 aliphatic carbocycles. The number of aliphatic hydroxyl groups excluding tert-OH is 2. The Balaban J connectivity index is -0.0000000239. The molecule has 0 aliphatic rings. The van der Waals surface area contributed by atoms with Gasteiger partial charge in [-0.05, 0) is 41.5 Å². The Labute approximate surface area is 141 Å². The van der Waals surface area contributed by atoms with E-state index >= 15 is 0 Å². The lowest BCUT2D eigenvalue weighted by Crippen LogP contribution is -1.85. The molecule has 0 fully saturated rings. The van der Waals surface area contributed by atoms with Crippen LogP contribution in [0.4, 0.5) is 0 Å². The van der Waals surface area contributed by atoms with Crippen LogP contribution < -0.4 is 0 Å². The third kappa shape index (κ3) is 13500. The van der Waals surface area contributed by atoms with Gasteiger partial charge < -0.3 is 10.2 Å². The Morgan fingerprint density at radius 3 is 0.500 bits per heavy atom. The average Bonchev–Trinajstić information content (AvgIpc) is 2.44. The zero-order valence-electron chi connectivity index (χ0n) is 16.0. The maximum atomic E-state index is 7.62. The van der Waals surface area contributed by atoms with Gasteiger partial charge in [0.05, 0.1) is 13.2 Å². The molecular weight excluding hydrogens is 272 g/mol. The first-order chi connectivity index (χ1) is 10.4. The summed E-state index contributed by atoms with van der Waals surface area (Å²) >= 11 is 0. The van der Waals surface area contributed by atoms with Gasteiger partial charge in [0.1, 0.15) is 0 Å². The van der Waals surface area contributed by atoms with E-state index in [2.05, 4.69) is 39.5 Å². The van der Waals surface area contributed by atoms with E-state index < -0.39 is 0 Å². The number of allylic oxidation sites excluding steroid dienone is 6. The van der Waals surface area contributed by atoms with Crippen molar-refractivity contribution in [3.05, 3.63) is 75.9 Å². The fraction of sp³-hybridized carbons (Fsp3) is 0.400. The van der Waals surface area contributed by atoms with E-state index in [4.69, 9.17) is 10.2 Å². The standard InChI is InChI=1S/6C3H6.C2H6O2/c6*1-3-2;3-1-2-4/h6*3H,1H2,2H3;3-4H,1-2H2. The van der Waals surface area contributed by atoms with Gasteiger partial charge in [-0.2, -0.15) is 0 Å². The second-order valence-electron chi connectivity index (χ2n) is 2.90. The normalized spacial score (nSPS) is 4.91. The van der Waals surface area contributed by atoms with Gasteiger partial charge in [-0.1, -0.05) is 36.5 Å². The number of aliphatic hydroxyl groups is 2. The molecule has 0 saturated carbocycles. The fourth-order valence-electron chi connectivity index (χ4n) is 0. The summed E-state index contributed by atoms with van der Waals surface area (Å²) < 4.78 is 0. The highest BCUT2D eigenvalue weighted by molar-refractivity contribution is 4.53. The Morgan fingerprint density at radius 1 is 0.455 bits per heavy atom. The van der Waals surface area contributed by atoms with Gasteiger partial charge in [0.15, 0.2) is 0 Å². The topological polar surface area (TPSA) is 40.5 Å². The Kier molecular flexibility index (Phi) is 314. The molecule has 0 radical (unpaired) electrons. The highest BCUT2D eigenvalue weighted by Gasteiger charge is 1.58. The number of hydrogen-bond donors (Lipinski definition) is 2. The molecule has 22 heavy (non-hydrogen) atoms. The SMILES string of the molecule is C=CC.C=CC.C=CC.C=CC.C=CC.C=CC.OCCO. The zero-order valence-corrected chi connectivity index (χ0v) is 16.0. The van der Waals surface area contributed by atoms with Crippen LogP contribution in [0.2, 0.25) is 0 Å². The van der Waals surface area contributed by atoms with Crippen molar-refractivity contribution in [3.63, 3.8) is 0 Å². The van der Waals surface area contributed by atoms with Crippen LogP contribution >= 0.6 is 0 Å². The van der Waals surface area contributed by atoms with Crippen LogP contribution in [-0.4, -0.2) is 23.4 Å². The van der Waals surface area contributed by atoms with Gasteiger partial charge in [0.2, 0.25) is 0 Å². The van der Waals surface area contributed by atoms with Crippen molar-refractivity contribution in [2.45, 2.75) is 41.5 Å².